The van der Waals surface area contributed by atoms with E-state index in [0.29, 0.717) is 30.1 Å². The predicted octanol–water partition coefficient (Wildman–Crippen LogP) is 3.52. The molecular weight excluding hydrogens is 350 g/mol. The highest BCUT2D eigenvalue weighted by atomic mass is 16.6. The van der Waals surface area contributed by atoms with E-state index in [-0.39, 0.29) is 7.52 Å². The Balaban J connectivity index is 0.00000205. The van der Waals surface area contributed by atoms with Gasteiger partial charge < -0.3 is 19.9 Å². The molecule has 1 N–H and O–H groups in total. The van der Waals surface area contributed by atoms with E-state index < -0.39 is 0 Å². The maximum Gasteiger partial charge on any atom is 0.410 e. The zero-order valence-electron chi connectivity index (χ0n) is 17.0. The molecule has 1 aromatic rings. The van der Waals surface area contributed by atoms with Gasteiger partial charge in [-0.05, 0) is 69.7 Å². The van der Waals surface area contributed by atoms with Crippen LogP contribution in [0.3, 0.4) is 0 Å². The number of benzene rings is 1. The van der Waals surface area contributed by atoms with Crippen LogP contribution in [0.15, 0.2) is 24.3 Å². The van der Waals surface area contributed by atoms with Crippen molar-refractivity contribution >= 4 is 6.09 Å². The van der Waals surface area contributed by atoms with Gasteiger partial charge in [-0.2, -0.15) is 0 Å². The van der Waals surface area contributed by atoms with Crippen molar-refractivity contribution in [1.82, 2.24) is 15.1 Å². The van der Waals surface area contributed by atoms with Crippen LogP contribution in [0.1, 0.15) is 58.0 Å². The summed E-state index contributed by atoms with van der Waals surface area (Å²) >= 11 is 0. The number of rotatable bonds is 2. The lowest BCUT2D eigenvalue weighted by Crippen LogP contribution is -2.57. The highest BCUT2D eigenvalue weighted by Crippen LogP contribution is 2.43. The fourth-order valence-electron chi connectivity index (χ4n) is 6.43. The molecule has 0 saturated carbocycles. The maximum absolute atomic E-state index is 12.3. The minimum atomic E-state index is -0.0871. The lowest BCUT2D eigenvalue weighted by atomic mass is 9.69. The average molecular weight is 386 g/mol. The number of hydrogen-bond donors (Lipinski definition) is 1. The minimum Gasteiger partial charge on any atom is -0.450 e. The molecule has 1 aromatic carbocycles. The Morgan fingerprint density at radius 1 is 1.18 bits per heavy atom. The van der Waals surface area contributed by atoms with Crippen molar-refractivity contribution in [3.8, 4) is 0 Å². The first-order valence-electron chi connectivity index (χ1n) is 11.2. The minimum absolute atomic E-state index is 0. The van der Waals surface area contributed by atoms with E-state index in [1.54, 1.807) is 5.56 Å². The molecule has 4 aliphatic rings. The fourth-order valence-corrected chi connectivity index (χ4v) is 6.43. The molecule has 1 spiro atoms. The first-order valence-corrected chi connectivity index (χ1v) is 11.2. The second-order valence-corrected chi connectivity index (χ2v) is 9.19. The molecule has 5 nitrogen and oxygen atoms in total. The van der Waals surface area contributed by atoms with Gasteiger partial charge in [0.05, 0.1) is 6.61 Å². The molecule has 28 heavy (non-hydrogen) atoms. The average Bonchev–Trinajstić information content (AvgIpc) is 2.99. The molecule has 5 rings (SSSR count). The van der Waals surface area contributed by atoms with Gasteiger partial charge in [-0.1, -0.05) is 24.3 Å². The molecule has 5 heteroatoms. The van der Waals surface area contributed by atoms with E-state index in [0.717, 1.165) is 38.8 Å². The van der Waals surface area contributed by atoms with Crippen LogP contribution < -0.4 is 5.32 Å². The summed E-state index contributed by atoms with van der Waals surface area (Å²) in [4.78, 5) is 17.1. The molecule has 0 radical (unpaired) electrons. The second kappa shape index (κ2) is 7.34. The van der Waals surface area contributed by atoms with E-state index in [4.69, 9.17) is 4.74 Å². The Labute approximate surface area is 169 Å². The number of amides is 1. The largest absolute Gasteiger partial charge is 0.450 e. The van der Waals surface area contributed by atoms with Gasteiger partial charge in [0.15, 0.2) is 0 Å². The molecule has 1 amide bonds. The number of hydrogen-bond acceptors (Lipinski definition) is 4. The number of carbonyl (C=O) groups is 1. The molecule has 3 saturated heterocycles. The number of likely N-dealkylation sites (tertiary alicyclic amines) is 1. The standard InChI is InChI=1S/C23H33N3O2.H2/c1-2-28-22(27)26-18-7-8-19(26)14-20(13-18)25-11-9-23(10-12-25)16-24-15-17-5-3-4-6-21(17)23;/h3-6,18-20,24H,2,7-16H2,1H3;1H. The summed E-state index contributed by atoms with van der Waals surface area (Å²) in [5.41, 5.74) is 3.39. The van der Waals surface area contributed by atoms with E-state index in [1.165, 1.54) is 31.5 Å². The van der Waals surface area contributed by atoms with Crippen LogP contribution in [-0.4, -0.2) is 60.3 Å². The molecule has 154 valence electrons. The first kappa shape index (κ1) is 18.4. The second-order valence-electron chi connectivity index (χ2n) is 9.19. The van der Waals surface area contributed by atoms with Gasteiger partial charge in [0.1, 0.15) is 0 Å². The van der Waals surface area contributed by atoms with Crippen LogP contribution in [0.2, 0.25) is 0 Å². The molecule has 0 aliphatic carbocycles. The van der Waals surface area contributed by atoms with Gasteiger partial charge in [-0.15, -0.1) is 0 Å². The molecular formula is C23H35N3O2. The topological polar surface area (TPSA) is 44.8 Å². The van der Waals surface area contributed by atoms with Gasteiger partial charge in [0.25, 0.3) is 0 Å². The van der Waals surface area contributed by atoms with Crippen molar-refractivity contribution < 1.29 is 11.0 Å². The van der Waals surface area contributed by atoms with Crippen molar-refractivity contribution in [1.29, 1.82) is 0 Å². The molecule has 2 atom stereocenters. The summed E-state index contributed by atoms with van der Waals surface area (Å²) in [6.45, 7) is 6.86. The van der Waals surface area contributed by atoms with E-state index in [2.05, 4.69) is 39.4 Å². The molecule has 3 fully saturated rings. The quantitative estimate of drug-likeness (QED) is 0.846. The monoisotopic (exact) mass is 385 g/mol. The van der Waals surface area contributed by atoms with Gasteiger partial charge in [0, 0.05) is 38.1 Å². The van der Waals surface area contributed by atoms with E-state index in [1.807, 2.05) is 6.92 Å². The number of carbonyl (C=O) groups excluding carboxylic acids is 1. The van der Waals surface area contributed by atoms with Crippen molar-refractivity contribution in [3.63, 3.8) is 0 Å². The lowest BCUT2D eigenvalue weighted by Gasteiger charge is -2.49. The van der Waals surface area contributed by atoms with Crippen LogP contribution in [0, 0.1) is 0 Å². The Morgan fingerprint density at radius 3 is 2.61 bits per heavy atom. The normalized spacial score (nSPS) is 31.6. The van der Waals surface area contributed by atoms with Crippen molar-refractivity contribution in [2.45, 2.75) is 75.5 Å². The summed E-state index contributed by atoms with van der Waals surface area (Å²) < 4.78 is 5.32. The van der Waals surface area contributed by atoms with Crippen LogP contribution >= 0.6 is 0 Å². The van der Waals surface area contributed by atoms with Gasteiger partial charge in [-0.25, -0.2) is 4.79 Å². The lowest BCUT2D eigenvalue weighted by molar-refractivity contribution is 0.0262. The molecule has 2 unspecified atom stereocenters. The molecule has 4 heterocycles. The summed E-state index contributed by atoms with van der Waals surface area (Å²) in [5, 5.41) is 3.67. The Kier molecular flexibility index (Phi) is 4.84. The molecule has 4 aliphatic heterocycles. The summed E-state index contributed by atoms with van der Waals surface area (Å²) in [6, 6.07) is 10.4. The van der Waals surface area contributed by atoms with Crippen LogP contribution in [0.4, 0.5) is 4.79 Å². The Hall–Kier alpha value is -1.59. The zero-order valence-corrected chi connectivity index (χ0v) is 17.0. The Bertz CT molecular complexity index is 721. The van der Waals surface area contributed by atoms with Crippen LogP contribution in [-0.2, 0) is 16.7 Å². The molecule has 0 aromatic heterocycles. The highest BCUT2D eigenvalue weighted by Gasteiger charge is 2.47. The fraction of sp³-hybridized carbons (Fsp3) is 0.696. The number of piperidine rings is 2. The number of nitrogens with one attached hydrogen (secondary N) is 1. The summed E-state index contributed by atoms with van der Waals surface area (Å²) in [7, 11) is 0. The summed E-state index contributed by atoms with van der Waals surface area (Å²) in [5.74, 6) is 0. The number of nitrogens with zero attached hydrogens (tertiary/aromatic N) is 2. The van der Waals surface area contributed by atoms with Gasteiger partial charge in [-0.3, -0.25) is 0 Å². The van der Waals surface area contributed by atoms with Crippen molar-refractivity contribution in [3.05, 3.63) is 35.4 Å². The van der Waals surface area contributed by atoms with Crippen LogP contribution in [0.5, 0.6) is 0 Å². The zero-order chi connectivity index (χ0) is 19.1. The van der Waals surface area contributed by atoms with Gasteiger partial charge in [0.2, 0.25) is 0 Å². The SMILES string of the molecule is CCOC(=O)N1C2CCC1CC(N1CCC3(CC1)CNCc1ccccc13)C2.[HH]. The Morgan fingerprint density at radius 2 is 1.89 bits per heavy atom. The van der Waals surface area contributed by atoms with Crippen molar-refractivity contribution in [2.24, 2.45) is 0 Å². The van der Waals surface area contributed by atoms with Crippen molar-refractivity contribution in [2.75, 3.05) is 26.2 Å². The third-order valence-electron chi connectivity index (χ3n) is 7.83. The summed E-state index contributed by atoms with van der Waals surface area (Å²) in [6.07, 6.45) is 6.93. The third-order valence-corrected chi connectivity index (χ3v) is 7.83. The van der Waals surface area contributed by atoms with E-state index in [9.17, 15) is 4.79 Å². The van der Waals surface area contributed by atoms with E-state index >= 15 is 0 Å². The van der Waals surface area contributed by atoms with Crippen LogP contribution in [0.25, 0.3) is 0 Å². The number of ether oxygens (including phenoxy) is 1. The third kappa shape index (κ3) is 3.03. The predicted molar refractivity (Wildman–Crippen MR) is 111 cm³/mol. The first-order chi connectivity index (χ1) is 13.7. The van der Waals surface area contributed by atoms with Gasteiger partial charge >= 0.3 is 6.09 Å². The smallest absolute Gasteiger partial charge is 0.410 e. The molecule has 2 bridgehead atoms. The maximum atomic E-state index is 12.3. The number of fused-ring (bicyclic) bond motifs is 4. The highest BCUT2D eigenvalue weighted by molar-refractivity contribution is 5.69.